The summed E-state index contributed by atoms with van der Waals surface area (Å²) in [6, 6.07) is 13.5. The van der Waals surface area contributed by atoms with Gasteiger partial charge in [-0.05, 0) is 41.8 Å². The van der Waals surface area contributed by atoms with E-state index < -0.39 is 5.91 Å². The highest BCUT2D eigenvalue weighted by molar-refractivity contribution is 5.95. The Hall–Kier alpha value is -3.41. The molecule has 3 aromatic rings. The highest BCUT2D eigenvalue weighted by Gasteiger charge is 2.15. The lowest BCUT2D eigenvalue weighted by Gasteiger charge is -2.14. The second-order valence-electron chi connectivity index (χ2n) is 6.08. The fourth-order valence-corrected chi connectivity index (χ4v) is 3.06. The summed E-state index contributed by atoms with van der Waals surface area (Å²) in [5.74, 6) is 1.31. The fourth-order valence-electron chi connectivity index (χ4n) is 3.06. The third-order valence-electron chi connectivity index (χ3n) is 4.47. The number of ether oxygens (including phenoxy) is 3. The van der Waals surface area contributed by atoms with Gasteiger partial charge in [-0.1, -0.05) is 24.3 Å². The third kappa shape index (κ3) is 3.46. The van der Waals surface area contributed by atoms with Gasteiger partial charge in [0.15, 0.2) is 11.5 Å². The standard InChI is InChI=1S/C21H22N2O4/c1-12-16(21(22)24)11-17(23-12)14-7-5-13(6-8-14)15-9-18(25-2)20(27-4)19(10-15)26-3/h5-11,23H,1-4H3,(H2,22,24). The molecular formula is C21H22N2O4. The number of primary amides is 1. The molecule has 1 aromatic heterocycles. The SMILES string of the molecule is COc1cc(-c2ccc(-c3cc(C(N)=O)c(C)[nH]3)cc2)cc(OC)c1OC. The van der Waals surface area contributed by atoms with Crippen LogP contribution in [0.25, 0.3) is 22.4 Å². The number of benzene rings is 2. The summed E-state index contributed by atoms with van der Waals surface area (Å²) in [7, 11) is 4.76. The van der Waals surface area contributed by atoms with Crippen molar-refractivity contribution < 1.29 is 19.0 Å². The third-order valence-corrected chi connectivity index (χ3v) is 4.47. The molecule has 0 atom stereocenters. The predicted molar refractivity (Wildman–Crippen MR) is 105 cm³/mol. The molecule has 0 unspecified atom stereocenters. The van der Waals surface area contributed by atoms with Crippen LogP contribution in [0.3, 0.4) is 0 Å². The number of aromatic nitrogens is 1. The molecule has 2 aromatic carbocycles. The smallest absolute Gasteiger partial charge is 0.250 e. The van der Waals surface area contributed by atoms with Crippen molar-refractivity contribution in [2.24, 2.45) is 5.73 Å². The first-order valence-electron chi connectivity index (χ1n) is 8.38. The fraction of sp³-hybridized carbons (Fsp3) is 0.190. The number of aryl methyl sites for hydroxylation is 1. The van der Waals surface area contributed by atoms with Gasteiger partial charge in [0.1, 0.15) is 0 Å². The van der Waals surface area contributed by atoms with Crippen LogP contribution in [0.4, 0.5) is 0 Å². The quantitative estimate of drug-likeness (QED) is 0.695. The molecule has 6 heteroatoms. The van der Waals surface area contributed by atoms with Crippen molar-refractivity contribution in [2.75, 3.05) is 21.3 Å². The van der Waals surface area contributed by atoms with Gasteiger partial charge >= 0.3 is 0 Å². The van der Waals surface area contributed by atoms with E-state index in [0.717, 1.165) is 28.1 Å². The molecule has 0 bridgehead atoms. The van der Waals surface area contributed by atoms with Gasteiger partial charge < -0.3 is 24.9 Å². The van der Waals surface area contributed by atoms with Crippen LogP contribution in [0.2, 0.25) is 0 Å². The number of aromatic amines is 1. The van der Waals surface area contributed by atoms with E-state index in [-0.39, 0.29) is 0 Å². The average molecular weight is 366 g/mol. The Labute approximate surface area is 157 Å². The molecule has 3 N–H and O–H groups in total. The second-order valence-corrected chi connectivity index (χ2v) is 6.08. The summed E-state index contributed by atoms with van der Waals surface area (Å²) in [6.45, 7) is 1.83. The van der Waals surface area contributed by atoms with Crippen molar-refractivity contribution >= 4 is 5.91 Å². The summed E-state index contributed by atoms with van der Waals surface area (Å²) < 4.78 is 16.2. The van der Waals surface area contributed by atoms with Gasteiger partial charge in [0.05, 0.1) is 26.9 Å². The zero-order valence-corrected chi connectivity index (χ0v) is 15.8. The summed E-state index contributed by atoms with van der Waals surface area (Å²) in [6.07, 6.45) is 0. The predicted octanol–water partition coefficient (Wildman–Crippen LogP) is 3.78. The maximum absolute atomic E-state index is 11.4. The number of carbonyl (C=O) groups excluding carboxylic acids is 1. The highest BCUT2D eigenvalue weighted by Crippen LogP contribution is 2.41. The zero-order valence-electron chi connectivity index (χ0n) is 15.8. The Morgan fingerprint density at radius 3 is 1.85 bits per heavy atom. The molecule has 1 amide bonds. The highest BCUT2D eigenvalue weighted by atomic mass is 16.5. The van der Waals surface area contributed by atoms with Gasteiger partial charge in [0.25, 0.3) is 5.91 Å². The Morgan fingerprint density at radius 2 is 1.41 bits per heavy atom. The molecule has 0 radical (unpaired) electrons. The van der Waals surface area contributed by atoms with Crippen LogP contribution < -0.4 is 19.9 Å². The molecule has 0 spiro atoms. The van der Waals surface area contributed by atoms with E-state index >= 15 is 0 Å². The van der Waals surface area contributed by atoms with Crippen molar-refractivity contribution in [3.05, 3.63) is 53.7 Å². The minimum atomic E-state index is -0.441. The first-order chi connectivity index (χ1) is 13.0. The molecule has 0 fully saturated rings. The first-order valence-corrected chi connectivity index (χ1v) is 8.38. The molecular weight excluding hydrogens is 344 g/mol. The number of nitrogens with one attached hydrogen (secondary N) is 1. The van der Waals surface area contributed by atoms with E-state index in [4.69, 9.17) is 19.9 Å². The van der Waals surface area contributed by atoms with Gasteiger partial charge in [-0.15, -0.1) is 0 Å². The van der Waals surface area contributed by atoms with Crippen LogP contribution in [-0.2, 0) is 0 Å². The molecule has 0 saturated heterocycles. The van der Waals surface area contributed by atoms with E-state index in [2.05, 4.69) is 4.98 Å². The summed E-state index contributed by atoms with van der Waals surface area (Å²) in [5.41, 5.74) is 10.4. The molecule has 27 heavy (non-hydrogen) atoms. The average Bonchev–Trinajstić information content (AvgIpc) is 3.08. The van der Waals surface area contributed by atoms with Gasteiger partial charge in [-0.3, -0.25) is 4.79 Å². The van der Waals surface area contributed by atoms with Gasteiger partial charge in [0, 0.05) is 11.4 Å². The van der Waals surface area contributed by atoms with Gasteiger partial charge in [-0.25, -0.2) is 0 Å². The number of carbonyl (C=O) groups is 1. The largest absolute Gasteiger partial charge is 0.493 e. The lowest BCUT2D eigenvalue weighted by atomic mass is 10.0. The van der Waals surface area contributed by atoms with Crippen LogP contribution in [0, 0.1) is 6.92 Å². The number of H-pyrrole nitrogens is 1. The summed E-state index contributed by atoms with van der Waals surface area (Å²) >= 11 is 0. The van der Waals surface area contributed by atoms with E-state index in [9.17, 15) is 4.79 Å². The molecule has 3 rings (SSSR count). The maximum Gasteiger partial charge on any atom is 0.250 e. The minimum Gasteiger partial charge on any atom is -0.493 e. The summed E-state index contributed by atoms with van der Waals surface area (Å²) in [4.78, 5) is 14.6. The number of hydrogen-bond acceptors (Lipinski definition) is 4. The van der Waals surface area contributed by atoms with Crippen LogP contribution in [-0.4, -0.2) is 32.2 Å². The molecule has 0 aliphatic rings. The van der Waals surface area contributed by atoms with Gasteiger partial charge in [0.2, 0.25) is 5.75 Å². The Balaban J connectivity index is 1.98. The van der Waals surface area contributed by atoms with Crippen molar-refractivity contribution in [3.8, 4) is 39.6 Å². The van der Waals surface area contributed by atoms with Crippen molar-refractivity contribution in [1.82, 2.24) is 4.98 Å². The van der Waals surface area contributed by atoms with Crippen molar-refractivity contribution in [3.63, 3.8) is 0 Å². The molecule has 140 valence electrons. The first kappa shape index (κ1) is 18.4. The maximum atomic E-state index is 11.4. The van der Waals surface area contributed by atoms with Crippen LogP contribution in [0.15, 0.2) is 42.5 Å². The summed E-state index contributed by atoms with van der Waals surface area (Å²) in [5, 5.41) is 0. The molecule has 6 nitrogen and oxygen atoms in total. The van der Waals surface area contributed by atoms with Crippen LogP contribution >= 0.6 is 0 Å². The van der Waals surface area contributed by atoms with E-state index in [1.165, 1.54) is 0 Å². The van der Waals surface area contributed by atoms with Crippen LogP contribution in [0.5, 0.6) is 17.2 Å². The number of rotatable bonds is 6. The molecule has 1 heterocycles. The van der Waals surface area contributed by atoms with E-state index in [0.29, 0.717) is 22.8 Å². The molecule has 0 aliphatic heterocycles. The topological polar surface area (TPSA) is 86.6 Å². The van der Waals surface area contributed by atoms with E-state index in [1.807, 2.05) is 43.3 Å². The number of hydrogen-bond donors (Lipinski definition) is 2. The van der Waals surface area contributed by atoms with Gasteiger partial charge in [-0.2, -0.15) is 0 Å². The van der Waals surface area contributed by atoms with E-state index in [1.54, 1.807) is 27.4 Å². The number of nitrogens with two attached hydrogens (primary N) is 1. The Bertz CT molecular complexity index is 949. The lowest BCUT2D eigenvalue weighted by molar-refractivity contribution is 0.1000. The van der Waals surface area contributed by atoms with Crippen LogP contribution in [0.1, 0.15) is 16.1 Å². The second kappa shape index (κ2) is 7.45. The normalized spacial score (nSPS) is 10.5. The monoisotopic (exact) mass is 366 g/mol. The van der Waals surface area contributed by atoms with Crippen molar-refractivity contribution in [1.29, 1.82) is 0 Å². The minimum absolute atomic E-state index is 0.441. The number of methoxy groups -OCH3 is 3. The lowest BCUT2D eigenvalue weighted by Crippen LogP contribution is -2.10. The Kier molecular flexibility index (Phi) is 5.07. The Morgan fingerprint density at radius 1 is 0.852 bits per heavy atom. The zero-order chi connectivity index (χ0) is 19.6. The van der Waals surface area contributed by atoms with Crippen molar-refractivity contribution in [2.45, 2.75) is 6.92 Å². The number of amides is 1. The molecule has 0 saturated carbocycles. The molecule has 0 aliphatic carbocycles.